The van der Waals surface area contributed by atoms with E-state index in [9.17, 15) is 8.42 Å². The fourth-order valence-corrected chi connectivity index (χ4v) is 5.95. The number of hydrogen-bond donors (Lipinski definition) is 1. The molecule has 1 unspecified atom stereocenters. The van der Waals surface area contributed by atoms with Crippen molar-refractivity contribution >= 4 is 21.4 Å². The molecule has 0 saturated carbocycles. The molecule has 0 spiro atoms. The first-order valence-corrected chi connectivity index (χ1v) is 16.2. The Morgan fingerprint density at radius 2 is 1.55 bits per heavy atom. The van der Waals surface area contributed by atoms with Gasteiger partial charge in [0, 0.05) is 37.3 Å². The van der Waals surface area contributed by atoms with Gasteiger partial charge in [-0.25, -0.2) is 8.42 Å². The topological polar surface area (TPSA) is 71.1 Å². The smallest absolute Gasteiger partial charge is 0.229 e. The molecule has 0 radical (unpaired) electrons. The highest BCUT2D eigenvalue weighted by Crippen LogP contribution is 2.31. The fourth-order valence-electron chi connectivity index (χ4n) is 5.33. The Bertz CT molecular complexity index is 1580. The molecule has 4 aromatic rings. The summed E-state index contributed by atoms with van der Waals surface area (Å²) in [6.07, 6.45) is 2.34. The number of rotatable bonds is 12. The minimum Gasteiger partial charge on any atom is -0.493 e. The second-order valence-corrected chi connectivity index (χ2v) is 12.9. The molecule has 8 heteroatoms. The van der Waals surface area contributed by atoms with Crippen molar-refractivity contribution in [2.45, 2.75) is 26.4 Å². The van der Waals surface area contributed by atoms with Crippen LogP contribution in [0.2, 0.25) is 0 Å². The predicted octanol–water partition coefficient (Wildman–Crippen LogP) is 6.70. The van der Waals surface area contributed by atoms with Crippen LogP contribution in [0, 0.1) is 12.8 Å². The van der Waals surface area contributed by atoms with E-state index >= 15 is 0 Å². The lowest BCUT2D eigenvalue weighted by atomic mass is 10.1. The van der Waals surface area contributed by atoms with Crippen molar-refractivity contribution in [1.29, 1.82) is 0 Å². The van der Waals surface area contributed by atoms with E-state index in [0.29, 0.717) is 31.3 Å². The Balaban J connectivity index is 1.29. The molecule has 220 valence electrons. The highest BCUT2D eigenvalue weighted by atomic mass is 32.2. The SMILES string of the molecule is Cc1c(NS(C)(=O)=O)cccc1N(Cc1ccccc1)Cc1ccc(Oc2cccc(OCC3CCN(C)C3)c2)cc1. The van der Waals surface area contributed by atoms with Crippen molar-refractivity contribution in [3.63, 3.8) is 0 Å². The summed E-state index contributed by atoms with van der Waals surface area (Å²) in [5.41, 5.74) is 4.70. The van der Waals surface area contributed by atoms with Gasteiger partial charge in [-0.3, -0.25) is 4.72 Å². The van der Waals surface area contributed by atoms with Gasteiger partial charge in [0.2, 0.25) is 10.0 Å². The first kappa shape index (κ1) is 29.5. The Kier molecular flexibility index (Phi) is 9.35. The van der Waals surface area contributed by atoms with Crippen molar-refractivity contribution in [2.24, 2.45) is 5.92 Å². The maximum atomic E-state index is 12.0. The molecule has 42 heavy (non-hydrogen) atoms. The van der Waals surface area contributed by atoms with Gasteiger partial charge in [0.05, 0.1) is 18.6 Å². The first-order chi connectivity index (χ1) is 20.2. The van der Waals surface area contributed by atoms with Crippen molar-refractivity contribution in [1.82, 2.24) is 4.90 Å². The zero-order chi connectivity index (χ0) is 29.5. The maximum absolute atomic E-state index is 12.0. The van der Waals surface area contributed by atoms with Crippen LogP contribution in [0.15, 0.2) is 97.1 Å². The van der Waals surface area contributed by atoms with Crippen LogP contribution < -0.4 is 19.1 Å². The van der Waals surface area contributed by atoms with E-state index in [1.54, 1.807) is 6.07 Å². The van der Waals surface area contributed by atoms with Gasteiger partial charge in [0.25, 0.3) is 0 Å². The average molecular weight is 586 g/mol. The summed E-state index contributed by atoms with van der Waals surface area (Å²) in [6.45, 7) is 6.18. The van der Waals surface area contributed by atoms with E-state index in [4.69, 9.17) is 9.47 Å². The molecule has 1 heterocycles. The molecule has 1 aliphatic heterocycles. The maximum Gasteiger partial charge on any atom is 0.229 e. The summed E-state index contributed by atoms with van der Waals surface area (Å²) < 4.78 is 38.8. The largest absolute Gasteiger partial charge is 0.493 e. The Morgan fingerprint density at radius 1 is 0.857 bits per heavy atom. The van der Waals surface area contributed by atoms with Crippen molar-refractivity contribution in [2.75, 3.05) is 42.6 Å². The average Bonchev–Trinajstić information content (AvgIpc) is 3.39. The molecule has 1 atom stereocenters. The highest BCUT2D eigenvalue weighted by molar-refractivity contribution is 7.92. The Labute approximate surface area is 249 Å². The molecule has 7 nitrogen and oxygen atoms in total. The van der Waals surface area contributed by atoms with Crippen molar-refractivity contribution in [3.8, 4) is 17.2 Å². The summed E-state index contributed by atoms with van der Waals surface area (Å²) in [7, 11) is -1.24. The van der Waals surface area contributed by atoms with Crippen LogP contribution in [-0.2, 0) is 23.1 Å². The summed E-state index contributed by atoms with van der Waals surface area (Å²) in [6, 6.07) is 31.9. The molecule has 1 saturated heterocycles. The van der Waals surface area contributed by atoms with E-state index in [2.05, 4.69) is 45.8 Å². The molecular formula is C34H39N3O4S. The molecule has 0 bridgehead atoms. The van der Waals surface area contributed by atoms with Gasteiger partial charge in [-0.15, -0.1) is 0 Å². The number of benzene rings is 4. The standard InChI is InChI=1S/C34H39N3O4S/c1-26-33(35-42(3,38)39)13-8-14-34(26)37(23-27-9-5-4-6-10-27)24-28-15-17-30(18-16-28)41-32-12-7-11-31(21-32)40-25-29-19-20-36(2)22-29/h4-18,21,29,35H,19-20,22-25H2,1-3H3. The lowest BCUT2D eigenvalue weighted by molar-refractivity contribution is 0.248. The lowest BCUT2D eigenvalue weighted by Crippen LogP contribution is -2.23. The normalized spacial score (nSPS) is 15.4. The predicted molar refractivity (Wildman–Crippen MR) is 170 cm³/mol. The van der Waals surface area contributed by atoms with Gasteiger partial charge in [-0.05, 0) is 80.0 Å². The number of anilines is 2. The van der Waals surface area contributed by atoms with Crippen LogP contribution in [-0.4, -0.2) is 46.3 Å². The molecule has 0 aromatic heterocycles. The number of nitrogens with zero attached hydrogens (tertiary/aromatic N) is 2. The van der Waals surface area contributed by atoms with Gasteiger partial charge in [-0.1, -0.05) is 54.6 Å². The minimum absolute atomic E-state index is 0.566. The number of nitrogens with one attached hydrogen (secondary N) is 1. The van der Waals surface area contributed by atoms with E-state index in [-0.39, 0.29) is 0 Å². The molecule has 5 rings (SSSR count). The quantitative estimate of drug-likeness (QED) is 0.200. The van der Waals surface area contributed by atoms with E-state index in [1.165, 1.54) is 18.2 Å². The second kappa shape index (κ2) is 13.3. The molecule has 0 amide bonds. The third-order valence-corrected chi connectivity index (χ3v) is 8.06. The van der Waals surface area contributed by atoms with Crippen LogP contribution in [0.3, 0.4) is 0 Å². The summed E-state index contributed by atoms with van der Waals surface area (Å²) >= 11 is 0. The molecule has 1 aliphatic rings. The summed E-state index contributed by atoms with van der Waals surface area (Å²) in [4.78, 5) is 4.60. The molecule has 1 fully saturated rings. The van der Waals surface area contributed by atoms with E-state index in [0.717, 1.165) is 47.2 Å². The van der Waals surface area contributed by atoms with E-state index < -0.39 is 10.0 Å². The zero-order valence-electron chi connectivity index (χ0n) is 24.5. The van der Waals surface area contributed by atoms with Crippen LogP contribution in [0.1, 0.15) is 23.1 Å². The van der Waals surface area contributed by atoms with Crippen LogP contribution >= 0.6 is 0 Å². The second-order valence-electron chi connectivity index (χ2n) is 11.1. The molecule has 4 aromatic carbocycles. The number of sulfonamides is 1. The Morgan fingerprint density at radius 3 is 2.24 bits per heavy atom. The lowest BCUT2D eigenvalue weighted by Gasteiger charge is -2.28. The monoisotopic (exact) mass is 585 g/mol. The van der Waals surface area contributed by atoms with Crippen LogP contribution in [0.4, 0.5) is 11.4 Å². The summed E-state index contributed by atoms with van der Waals surface area (Å²) in [5.74, 6) is 2.87. The summed E-state index contributed by atoms with van der Waals surface area (Å²) in [5, 5.41) is 0. The first-order valence-electron chi connectivity index (χ1n) is 14.3. The fraction of sp³-hybridized carbons (Fsp3) is 0.294. The van der Waals surface area contributed by atoms with Gasteiger partial charge in [0.1, 0.15) is 17.2 Å². The Hall–Kier alpha value is -4.01. The third-order valence-electron chi connectivity index (χ3n) is 7.47. The zero-order valence-corrected chi connectivity index (χ0v) is 25.3. The van der Waals surface area contributed by atoms with Crippen molar-refractivity contribution in [3.05, 3.63) is 114 Å². The molecular weight excluding hydrogens is 546 g/mol. The number of likely N-dealkylation sites (tertiary alicyclic amines) is 1. The van der Waals surface area contributed by atoms with Gasteiger partial charge in [0.15, 0.2) is 0 Å². The van der Waals surface area contributed by atoms with Gasteiger partial charge >= 0.3 is 0 Å². The van der Waals surface area contributed by atoms with E-state index in [1.807, 2.05) is 73.7 Å². The third kappa shape index (κ3) is 8.27. The van der Waals surface area contributed by atoms with Crippen LogP contribution in [0.25, 0.3) is 0 Å². The number of hydrogen-bond acceptors (Lipinski definition) is 6. The minimum atomic E-state index is -3.39. The highest BCUT2D eigenvalue weighted by Gasteiger charge is 2.20. The van der Waals surface area contributed by atoms with Gasteiger partial charge < -0.3 is 19.3 Å². The molecule has 0 aliphatic carbocycles. The van der Waals surface area contributed by atoms with Gasteiger partial charge in [-0.2, -0.15) is 0 Å². The molecule has 1 N–H and O–H groups in total. The van der Waals surface area contributed by atoms with Crippen molar-refractivity contribution < 1.29 is 17.9 Å². The van der Waals surface area contributed by atoms with Crippen LogP contribution in [0.5, 0.6) is 17.2 Å². The number of ether oxygens (including phenoxy) is 2.